The quantitative estimate of drug-likeness (QED) is 0.486. The second kappa shape index (κ2) is 7.80. The van der Waals surface area contributed by atoms with Gasteiger partial charge < -0.3 is 9.59 Å². The maximum absolute atomic E-state index is 11.6. The van der Waals surface area contributed by atoms with Gasteiger partial charge in [-0.25, -0.2) is 0 Å². The van der Waals surface area contributed by atoms with Crippen LogP contribution >= 0.6 is 0 Å². The monoisotopic (exact) mass is 230 g/mol. The van der Waals surface area contributed by atoms with Crippen LogP contribution in [-0.2, 0) is 4.79 Å². The Morgan fingerprint density at radius 3 is 2.19 bits per heavy atom. The van der Waals surface area contributed by atoms with E-state index in [1.165, 1.54) is 19.3 Å². The lowest BCUT2D eigenvalue weighted by Crippen LogP contribution is -2.44. The van der Waals surface area contributed by atoms with Gasteiger partial charge in [0.2, 0.25) is 0 Å². The van der Waals surface area contributed by atoms with Gasteiger partial charge in [-0.05, 0) is 6.42 Å². The van der Waals surface area contributed by atoms with E-state index in [2.05, 4.69) is 6.92 Å². The zero-order chi connectivity index (χ0) is 12.6. The highest BCUT2D eigenvalue weighted by Gasteiger charge is 2.21. The van der Waals surface area contributed by atoms with Gasteiger partial charge in [-0.3, -0.25) is 4.79 Å². The largest absolute Gasteiger partial charge is 0.380 e. The zero-order valence-electron chi connectivity index (χ0n) is 11.3. The van der Waals surface area contributed by atoms with Crippen LogP contribution in [0.3, 0.4) is 0 Å². The first kappa shape index (κ1) is 15.6. The van der Waals surface area contributed by atoms with Gasteiger partial charge in [-0.1, -0.05) is 32.6 Å². The highest BCUT2D eigenvalue weighted by Crippen LogP contribution is 2.07. The summed E-state index contributed by atoms with van der Waals surface area (Å²) in [5, 5.41) is 9.69. The van der Waals surface area contributed by atoms with Gasteiger partial charge in [-0.2, -0.15) is 0 Å². The minimum Gasteiger partial charge on any atom is -0.380 e. The summed E-state index contributed by atoms with van der Waals surface area (Å²) in [6.45, 7) is 2.68. The summed E-state index contributed by atoms with van der Waals surface area (Å²) in [6.07, 6.45) is 5.45. The van der Waals surface area contributed by atoms with Crippen molar-refractivity contribution in [2.24, 2.45) is 0 Å². The minimum absolute atomic E-state index is 0.00421. The fourth-order valence-electron chi connectivity index (χ4n) is 1.69. The highest BCUT2D eigenvalue weighted by atomic mass is 16.3. The highest BCUT2D eigenvalue weighted by molar-refractivity contribution is 5.82. The smallest absolute Gasteiger partial charge is 0.167 e. The van der Waals surface area contributed by atoms with Crippen LogP contribution in [0.2, 0.25) is 0 Å². The molecule has 0 aromatic rings. The number of nitrogens with zero attached hydrogens (tertiary/aromatic N) is 1. The number of hydrogen-bond donors (Lipinski definition) is 1. The van der Waals surface area contributed by atoms with E-state index in [4.69, 9.17) is 0 Å². The Morgan fingerprint density at radius 1 is 1.12 bits per heavy atom. The maximum atomic E-state index is 11.6. The second-order valence-corrected chi connectivity index (χ2v) is 5.62. The van der Waals surface area contributed by atoms with Crippen LogP contribution < -0.4 is 0 Å². The minimum atomic E-state index is -0.786. The molecule has 0 rings (SSSR count). The zero-order valence-corrected chi connectivity index (χ0v) is 11.3. The van der Waals surface area contributed by atoms with E-state index in [0.717, 1.165) is 12.8 Å². The van der Waals surface area contributed by atoms with E-state index >= 15 is 0 Å². The summed E-state index contributed by atoms with van der Waals surface area (Å²) in [4.78, 5) is 11.6. The van der Waals surface area contributed by atoms with Crippen molar-refractivity contribution in [3.05, 3.63) is 0 Å². The van der Waals surface area contributed by atoms with Gasteiger partial charge >= 0.3 is 0 Å². The lowest BCUT2D eigenvalue weighted by Gasteiger charge is -2.26. The number of aliphatic hydroxyl groups is 1. The van der Waals surface area contributed by atoms with Crippen molar-refractivity contribution in [2.45, 2.75) is 51.6 Å². The second-order valence-electron chi connectivity index (χ2n) is 5.62. The number of Topliss-reactive ketones (excluding diaryl/α,β-unsaturated/α-hetero) is 1. The lowest BCUT2D eigenvalue weighted by molar-refractivity contribution is -0.872. The fraction of sp³-hybridized carbons (Fsp3) is 0.923. The Labute approximate surface area is 100 Å². The molecule has 0 aliphatic heterocycles. The summed E-state index contributed by atoms with van der Waals surface area (Å²) in [5.41, 5.74) is 0. The third-order valence-electron chi connectivity index (χ3n) is 2.62. The SMILES string of the molecule is CCCCCCCC(=O)C(O)C[N+](C)(C)C. The standard InChI is InChI=1S/C13H28NO2/c1-5-6-7-8-9-10-12(15)13(16)11-14(2,3)4/h13,16H,5-11H2,1-4H3/q+1. The number of quaternary nitrogens is 1. The van der Waals surface area contributed by atoms with Crippen LogP contribution in [0.25, 0.3) is 0 Å². The van der Waals surface area contributed by atoms with Crippen molar-refractivity contribution in [3.8, 4) is 0 Å². The van der Waals surface area contributed by atoms with Gasteiger partial charge in [0, 0.05) is 6.42 Å². The van der Waals surface area contributed by atoms with Crippen molar-refractivity contribution < 1.29 is 14.4 Å². The molecule has 0 aromatic carbocycles. The molecule has 0 radical (unpaired) electrons. The molecule has 1 N–H and O–H groups in total. The van der Waals surface area contributed by atoms with Crippen LogP contribution in [0.4, 0.5) is 0 Å². The Balaban J connectivity index is 3.64. The molecular weight excluding hydrogens is 202 g/mol. The van der Waals surface area contributed by atoms with E-state index in [1.54, 1.807) is 0 Å². The number of carbonyl (C=O) groups is 1. The molecule has 0 aliphatic carbocycles. The molecule has 0 bridgehead atoms. The van der Waals surface area contributed by atoms with Crippen LogP contribution in [0.15, 0.2) is 0 Å². The number of likely N-dealkylation sites (N-methyl/N-ethyl adjacent to an activating group) is 1. The van der Waals surface area contributed by atoms with Crippen LogP contribution in [-0.4, -0.2) is 49.2 Å². The number of aliphatic hydroxyl groups excluding tert-OH is 1. The normalized spacial score (nSPS) is 13.8. The summed E-state index contributed by atoms with van der Waals surface area (Å²) in [6, 6.07) is 0. The summed E-state index contributed by atoms with van der Waals surface area (Å²) in [5.74, 6) is 0.00421. The number of carbonyl (C=O) groups excluding carboxylic acids is 1. The molecule has 0 amide bonds. The third kappa shape index (κ3) is 8.86. The molecule has 0 aromatic heterocycles. The van der Waals surface area contributed by atoms with Crippen molar-refractivity contribution in [1.82, 2.24) is 0 Å². The predicted molar refractivity (Wildman–Crippen MR) is 67.3 cm³/mol. The topological polar surface area (TPSA) is 37.3 Å². The van der Waals surface area contributed by atoms with Crippen molar-refractivity contribution in [2.75, 3.05) is 27.7 Å². The molecule has 1 atom stereocenters. The molecule has 0 saturated carbocycles. The maximum Gasteiger partial charge on any atom is 0.167 e. The van der Waals surface area contributed by atoms with Crippen molar-refractivity contribution in [1.29, 1.82) is 0 Å². The average molecular weight is 230 g/mol. The number of unbranched alkanes of at least 4 members (excludes halogenated alkanes) is 4. The number of hydrogen-bond acceptors (Lipinski definition) is 2. The summed E-state index contributed by atoms with van der Waals surface area (Å²) < 4.78 is 0.628. The first-order chi connectivity index (χ1) is 7.37. The van der Waals surface area contributed by atoms with Crippen molar-refractivity contribution >= 4 is 5.78 Å². The molecular formula is C13H28NO2+. The Kier molecular flexibility index (Phi) is 7.60. The van der Waals surface area contributed by atoms with Crippen molar-refractivity contribution in [3.63, 3.8) is 0 Å². The lowest BCUT2D eigenvalue weighted by atomic mass is 10.1. The molecule has 3 nitrogen and oxygen atoms in total. The molecule has 0 spiro atoms. The van der Waals surface area contributed by atoms with E-state index in [-0.39, 0.29) is 5.78 Å². The predicted octanol–water partition coefficient (Wildman–Crippen LogP) is 1.98. The van der Waals surface area contributed by atoms with Gasteiger partial charge in [0.25, 0.3) is 0 Å². The third-order valence-corrected chi connectivity index (χ3v) is 2.62. The number of ketones is 1. The summed E-state index contributed by atoms with van der Waals surface area (Å²) in [7, 11) is 5.95. The van der Waals surface area contributed by atoms with Crippen LogP contribution in [0, 0.1) is 0 Å². The molecule has 0 fully saturated rings. The molecule has 3 heteroatoms. The first-order valence-corrected chi connectivity index (χ1v) is 6.38. The first-order valence-electron chi connectivity index (χ1n) is 6.38. The van der Waals surface area contributed by atoms with E-state index in [1.807, 2.05) is 21.1 Å². The van der Waals surface area contributed by atoms with Gasteiger partial charge in [0.1, 0.15) is 6.54 Å². The molecule has 16 heavy (non-hydrogen) atoms. The van der Waals surface area contributed by atoms with E-state index < -0.39 is 6.10 Å². The van der Waals surface area contributed by atoms with Gasteiger partial charge in [0.15, 0.2) is 11.9 Å². The Hall–Kier alpha value is -0.410. The van der Waals surface area contributed by atoms with Gasteiger partial charge in [0.05, 0.1) is 21.1 Å². The Bertz CT molecular complexity index is 197. The fourth-order valence-corrected chi connectivity index (χ4v) is 1.69. The Morgan fingerprint density at radius 2 is 1.69 bits per heavy atom. The van der Waals surface area contributed by atoms with Crippen LogP contribution in [0.5, 0.6) is 0 Å². The molecule has 1 unspecified atom stereocenters. The molecule has 96 valence electrons. The van der Waals surface area contributed by atoms with E-state index in [0.29, 0.717) is 17.4 Å². The van der Waals surface area contributed by atoms with Gasteiger partial charge in [-0.15, -0.1) is 0 Å². The summed E-state index contributed by atoms with van der Waals surface area (Å²) >= 11 is 0. The molecule has 0 aliphatic rings. The average Bonchev–Trinajstić information content (AvgIpc) is 2.14. The van der Waals surface area contributed by atoms with Crippen LogP contribution in [0.1, 0.15) is 45.4 Å². The molecule has 0 saturated heterocycles. The van der Waals surface area contributed by atoms with E-state index in [9.17, 15) is 9.90 Å². The molecule has 0 heterocycles. The number of rotatable bonds is 9.